The molecule has 0 aromatic heterocycles. The molecule has 0 amide bonds. The molecule has 1 saturated heterocycles. The van der Waals surface area contributed by atoms with Crippen molar-refractivity contribution in [3.8, 4) is 0 Å². The van der Waals surface area contributed by atoms with E-state index in [4.69, 9.17) is 16.3 Å². The summed E-state index contributed by atoms with van der Waals surface area (Å²) in [5, 5.41) is 0. The number of rotatable bonds is 5. The minimum Gasteiger partial charge on any atom is -0.372 e. The molecule has 1 nitrogen and oxygen atoms in total. The predicted molar refractivity (Wildman–Crippen MR) is 92.0 cm³/mol. The van der Waals surface area contributed by atoms with E-state index in [1.807, 2.05) is 0 Å². The quantitative estimate of drug-likeness (QED) is 0.601. The van der Waals surface area contributed by atoms with Crippen LogP contribution in [0.2, 0.25) is 0 Å². The Morgan fingerprint density at radius 1 is 1.19 bits per heavy atom. The zero-order valence-electron chi connectivity index (χ0n) is 12.5. The van der Waals surface area contributed by atoms with Crippen LogP contribution >= 0.6 is 27.5 Å². The van der Waals surface area contributed by atoms with Crippen molar-refractivity contribution in [2.24, 2.45) is 5.92 Å². The van der Waals surface area contributed by atoms with Gasteiger partial charge in [-0.05, 0) is 62.1 Å². The fraction of sp³-hybridized carbons (Fsp3) is 0.667. The van der Waals surface area contributed by atoms with Crippen LogP contribution in [0.5, 0.6) is 0 Å². The van der Waals surface area contributed by atoms with Gasteiger partial charge in [0.15, 0.2) is 0 Å². The third-order valence-corrected chi connectivity index (χ3v) is 6.07. The van der Waals surface area contributed by atoms with Crippen molar-refractivity contribution in [2.45, 2.75) is 63.1 Å². The highest BCUT2D eigenvalue weighted by Gasteiger charge is 2.42. The fourth-order valence-electron chi connectivity index (χ4n) is 3.98. The summed E-state index contributed by atoms with van der Waals surface area (Å²) in [7, 11) is 0. The summed E-state index contributed by atoms with van der Waals surface area (Å²) in [5.41, 5.74) is 1.62. The van der Waals surface area contributed by atoms with Crippen LogP contribution in [0.15, 0.2) is 28.7 Å². The SMILES string of the molecule is ClCC(Cc1ccc(Br)cc1)CC1CCC2(CCCC2)O1. The third-order valence-electron chi connectivity index (χ3n) is 5.11. The second-order valence-electron chi connectivity index (χ2n) is 6.76. The molecule has 2 aliphatic rings. The molecule has 1 aliphatic heterocycles. The van der Waals surface area contributed by atoms with Gasteiger partial charge < -0.3 is 4.74 Å². The molecule has 1 aromatic rings. The highest BCUT2D eigenvalue weighted by atomic mass is 79.9. The monoisotopic (exact) mass is 370 g/mol. The first kappa shape index (κ1) is 15.8. The summed E-state index contributed by atoms with van der Waals surface area (Å²) < 4.78 is 7.57. The van der Waals surface area contributed by atoms with Crippen LogP contribution in [0.4, 0.5) is 0 Å². The lowest BCUT2D eigenvalue weighted by Gasteiger charge is -2.25. The number of benzene rings is 1. The molecule has 1 saturated carbocycles. The predicted octanol–water partition coefficient (Wildman–Crippen LogP) is 5.73. The van der Waals surface area contributed by atoms with Gasteiger partial charge >= 0.3 is 0 Å². The molecule has 0 radical (unpaired) electrons. The molecule has 2 fully saturated rings. The molecule has 1 heterocycles. The van der Waals surface area contributed by atoms with Crippen molar-refractivity contribution in [1.82, 2.24) is 0 Å². The van der Waals surface area contributed by atoms with Crippen LogP contribution in [0.25, 0.3) is 0 Å². The number of hydrogen-bond donors (Lipinski definition) is 0. The van der Waals surface area contributed by atoms with Crippen molar-refractivity contribution >= 4 is 27.5 Å². The smallest absolute Gasteiger partial charge is 0.0687 e. The first-order valence-electron chi connectivity index (χ1n) is 8.17. The molecule has 21 heavy (non-hydrogen) atoms. The Morgan fingerprint density at radius 3 is 2.57 bits per heavy atom. The van der Waals surface area contributed by atoms with E-state index in [0.29, 0.717) is 12.0 Å². The van der Waals surface area contributed by atoms with Crippen LogP contribution < -0.4 is 0 Å². The average Bonchev–Trinajstić information content (AvgIpc) is 3.11. The summed E-state index contributed by atoms with van der Waals surface area (Å²) in [6, 6.07) is 8.61. The Balaban J connectivity index is 1.54. The van der Waals surface area contributed by atoms with E-state index in [0.717, 1.165) is 23.2 Å². The normalized spacial score (nSPS) is 25.5. The maximum absolute atomic E-state index is 6.43. The Labute approximate surface area is 141 Å². The molecule has 116 valence electrons. The third kappa shape index (κ3) is 4.03. The molecule has 3 rings (SSSR count). The van der Waals surface area contributed by atoms with Gasteiger partial charge in [-0.25, -0.2) is 0 Å². The van der Waals surface area contributed by atoms with E-state index in [-0.39, 0.29) is 5.60 Å². The van der Waals surface area contributed by atoms with Crippen LogP contribution in [-0.2, 0) is 11.2 Å². The topological polar surface area (TPSA) is 9.23 Å². The van der Waals surface area contributed by atoms with Gasteiger partial charge in [-0.3, -0.25) is 0 Å². The minimum absolute atomic E-state index is 0.249. The van der Waals surface area contributed by atoms with Crippen molar-refractivity contribution in [1.29, 1.82) is 0 Å². The van der Waals surface area contributed by atoms with Crippen LogP contribution in [0, 0.1) is 5.92 Å². The van der Waals surface area contributed by atoms with Gasteiger partial charge in [-0.1, -0.05) is 40.9 Å². The van der Waals surface area contributed by atoms with Gasteiger partial charge in [-0.15, -0.1) is 11.6 Å². The average molecular weight is 372 g/mol. The molecule has 2 atom stereocenters. The highest BCUT2D eigenvalue weighted by molar-refractivity contribution is 9.10. The van der Waals surface area contributed by atoms with E-state index in [2.05, 4.69) is 40.2 Å². The molecule has 1 spiro atoms. The first-order chi connectivity index (χ1) is 10.2. The Kier molecular flexibility index (Phi) is 5.29. The van der Waals surface area contributed by atoms with E-state index in [1.165, 1.54) is 44.1 Å². The van der Waals surface area contributed by atoms with Gasteiger partial charge in [0.2, 0.25) is 0 Å². The molecule has 1 aromatic carbocycles. The van der Waals surface area contributed by atoms with Crippen LogP contribution in [0.1, 0.15) is 50.5 Å². The molecular weight excluding hydrogens is 348 g/mol. The lowest BCUT2D eigenvalue weighted by Crippen LogP contribution is -2.26. The summed E-state index contributed by atoms with van der Waals surface area (Å²) >= 11 is 9.70. The number of ether oxygens (including phenoxy) is 1. The van der Waals surface area contributed by atoms with Gasteiger partial charge in [0, 0.05) is 10.4 Å². The van der Waals surface area contributed by atoms with Crippen molar-refractivity contribution in [3.63, 3.8) is 0 Å². The van der Waals surface area contributed by atoms with Crippen molar-refractivity contribution < 1.29 is 4.74 Å². The zero-order chi connectivity index (χ0) is 14.7. The molecule has 0 bridgehead atoms. The van der Waals surface area contributed by atoms with Crippen LogP contribution in [0.3, 0.4) is 0 Å². The van der Waals surface area contributed by atoms with E-state index >= 15 is 0 Å². The summed E-state index contributed by atoms with van der Waals surface area (Å²) in [6.07, 6.45) is 10.4. The first-order valence-corrected chi connectivity index (χ1v) is 9.50. The summed E-state index contributed by atoms with van der Waals surface area (Å²) in [4.78, 5) is 0. The molecule has 1 aliphatic carbocycles. The maximum Gasteiger partial charge on any atom is 0.0687 e. The standard InChI is InChI=1S/C18H24BrClO/c19-16-5-3-14(4-6-16)11-15(13-20)12-17-7-10-18(21-17)8-1-2-9-18/h3-6,15,17H,1-2,7-13H2. The lowest BCUT2D eigenvalue weighted by atomic mass is 9.93. The van der Waals surface area contributed by atoms with Gasteiger partial charge in [-0.2, -0.15) is 0 Å². The van der Waals surface area contributed by atoms with Gasteiger partial charge in [0.25, 0.3) is 0 Å². The maximum atomic E-state index is 6.43. The van der Waals surface area contributed by atoms with Crippen molar-refractivity contribution in [2.75, 3.05) is 5.88 Å². The largest absolute Gasteiger partial charge is 0.372 e. The summed E-state index contributed by atoms with van der Waals surface area (Å²) in [5.74, 6) is 1.25. The Hall–Kier alpha value is -0.0500. The zero-order valence-corrected chi connectivity index (χ0v) is 14.8. The Bertz CT molecular complexity index is 453. The second kappa shape index (κ2) is 7.02. The van der Waals surface area contributed by atoms with E-state index in [1.54, 1.807) is 0 Å². The van der Waals surface area contributed by atoms with Gasteiger partial charge in [0.1, 0.15) is 0 Å². The Morgan fingerprint density at radius 2 is 1.90 bits per heavy atom. The number of alkyl halides is 1. The highest BCUT2D eigenvalue weighted by Crippen LogP contribution is 2.44. The van der Waals surface area contributed by atoms with E-state index in [9.17, 15) is 0 Å². The van der Waals surface area contributed by atoms with E-state index < -0.39 is 0 Å². The number of halogens is 2. The lowest BCUT2D eigenvalue weighted by molar-refractivity contribution is -0.0432. The molecule has 2 unspecified atom stereocenters. The second-order valence-corrected chi connectivity index (χ2v) is 7.98. The van der Waals surface area contributed by atoms with Gasteiger partial charge in [0.05, 0.1) is 11.7 Å². The fourth-order valence-corrected chi connectivity index (χ4v) is 4.47. The molecular formula is C18H24BrClO. The summed E-state index contributed by atoms with van der Waals surface area (Å²) in [6.45, 7) is 0. The van der Waals surface area contributed by atoms with Crippen LogP contribution in [-0.4, -0.2) is 17.6 Å². The molecule has 0 N–H and O–H groups in total. The van der Waals surface area contributed by atoms with Crippen molar-refractivity contribution in [3.05, 3.63) is 34.3 Å². The minimum atomic E-state index is 0.249. The molecule has 3 heteroatoms. The number of hydrogen-bond acceptors (Lipinski definition) is 1.